The van der Waals surface area contributed by atoms with E-state index in [0.717, 1.165) is 4.90 Å². The highest BCUT2D eigenvalue weighted by atomic mass is 16.5. The highest BCUT2D eigenvalue weighted by Gasteiger charge is 2.09. The van der Waals surface area contributed by atoms with Crippen molar-refractivity contribution in [1.29, 1.82) is 10.5 Å². The van der Waals surface area contributed by atoms with Crippen molar-refractivity contribution in [2.45, 2.75) is 0 Å². The fourth-order valence-corrected chi connectivity index (χ4v) is 1.50. The van der Waals surface area contributed by atoms with Gasteiger partial charge in [0.2, 0.25) is 5.91 Å². The van der Waals surface area contributed by atoms with Crippen molar-refractivity contribution >= 4 is 18.0 Å². The molecule has 6 heteroatoms. The predicted molar refractivity (Wildman–Crippen MR) is 74.6 cm³/mol. The number of hydrogen-bond donors (Lipinski definition) is 0. The van der Waals surface area contributed by atoms with Crippen molar-refractivity contribution in [3.05, 3.63) is 41.5 Å². The average Bonchev–Trinajstić information content (AvgIpc) is 2.52. The van der Waals surface area contributed by atoms with Crippen molar-refractivity contribution in [2.24, 2.45) is 0 Å². The molecule has 0 aliphatic carbocycles. The Hall–Kier alpha value is -3.12. The maximum absolute atomic E-state index is 11.8. The van der Waals surface area contributed by atoms with Crippen molar-refractivity contribution < 1.29 is 14.3 Å². The Morgan fingerprint density at radius 1 is 1.19 bits per heavy atom. The molecule has 1 aromatic carbocycles. The number of carbonyl (C=O) groups excluding carboxylic acids is 2. The van der Waals surface area contributed by atoms with Gasteiger partial charge in [-0.2, -0.15) is 10.5 Å². The molecule has 106 valence electrons. The minimum Gasteiger partial charge on any atom is -0.465 e. The Morgan fingerprint density at radius 3 is 2.24 bits per heavy atom. The lowest BCUT2D eigenvalue weighted by molar-refractivity contribution is -0.124. The molecule has 0 saturated heterocycles. The van der Waals surface area contributed by atoms with Crippen LogP contribution in [0.3, 0.4) is 0 Å². The van der Waals surface area contributed by atoms with Gasteiger partial charge in [-0.05, 0) is 23.8 Å². The maximum atomic E-state index is 11.8. The second-order valence-corrected chi connectivity index (χ2v) is 3.96. The van der Waals surface area contributed by atoms with Crippen LogP contribution < -0.4 is 0 Å². The molecule has 0 N–H and O–H groups in total. The lowest BCUT2D eigenvalue weighted by Crippen LogP contribution is -2.30. The monoisotopic (exact) mass is 283 g/mol. The zero-order valence-corrected chi connectivity index (χ0v) is 11.4. The lowest BCUT2D eigenvalue weighted by atomic mass is 10.1. The smallest absolute Gasteiger partial charge is 0.337 e. The topological polar surface area (TPSA) is 94.2 Å². The highest BCUT2D eigenvalue weighted by Crippen LogP contribution is 2.07. The molecule has 0 heterocycles. The third-order valence-corrected chi connectivity index (χ3v) is 2.58. The van der Waals surface area contributed by atoms with Gasteiger partial charge in [-0.3, -0.25) is 4.79 Å². The standard InChI is InChI=1S/C15H13N3O3/c1-21-15(20)13-5-2-12(3-6-13)4-7-14(19)18(10-8-16)11-9-17/h2-7H,10-11H2,1H3/b7-4+. The number of esters is 1. The van der Waals surface area contributed by atoms with E-state index < -0.39 is 11.9 Å². The van der Waals surface area contributed by atoms with Gasteiger partial charge in [0.25, 0.3) is 0 Å². The molecule has 0 saturated carbocycles. The van der Waals surface area contributed by atoms with E-state index in [0.29, 0.717) is 11.1 Å². The summed E-state index contributed by atoms with van der Waals surface area (Å²) in [7, 11) is 1.30. The summed E-state index contributed by atoms with van der Waals surface area (Å²) in [6, 6.07) is 10.1. The molecule has 0 aliphatic rings. The Morgan fingerprint density at radius 2 is 1.76 bits per heavy atom. The lowest BCUT2D eigenvalue weighted by Gasteiger charge is -2.12. The number of hydrogen-bond acceptors (Lipinski definition) is 5. The summed E-state index contributed by atoms with van der Waals surface area (Å²) in [6.45, 7) is -0.282. The van der Waals surface area contributed by atoms with Crippen LogP contribution in [0.1, 0.15) is 15.9 Å². The number of ether oxygens (including phenoxy) is 1. The molecule has 0 atom stereocenters. The van der Waals surface area contributed by atoms with Crippen molar-refractivity contribution in [3.63, 3.8) is 0 Å². The van der Waals surface area contributed by atoms with E-state index in [-0.39, 0.29) is 13.1 Å². The maximum Gasteiger partial charge on any atom is 0.337 e. The molecule has 0 aliphatic heterocycles. The third kappa shape index (κ3) is 4.81. The second kappa shape index (κ2) is 8.13. The fourth-order valence-electron chi connectivity index (χ4n) is 1.50. The largest absolute Gasteiger partial charge is 0.465 e. The summed E-state index contributed by atoms with van der Waals surface area (Å²) in [5.74, 6) is -0.856. The van der Waals surface area contributed by atoms with Crippen molar-refractivity contribution in [1.82, 2.24) is 4.90 Å². The van der Waals surface area contributed by atoms with Crippen LogP contribution in [0.2, 0.25) is 0 Å². The summed E-state index contributed by atoms with van der Waals surface area (Å²) in [5.41, 5.74) is 1.13. The molecule has 0 aromatic heterocycles. The van der Waals surface area contributed by atoms with Crippen molar-refractivity contribution in [3.8, 4) is 12.1 Å². The van der Waals surface area contributed by atoms with Gasteiger partial charge in [-0.1, -0.05) is 12.1 Å². The van der Waals surface area contributed by atoms with Crippen LogP contribution in [-0.2, 0) is 9.53 Å². The Bertz CT molecular complexity index is 605. The number of benzene rings is 1. The summed E-state index contributed by atoms with van der Waals surface area (Å²) < 4.78 is 4.58. The Kier molecular flexibility index (Phi) is 6.17. The van der Waals surface area contributed by atoms with Gasteiger partial charge >= 0.3 is 5.97 Å². The molecule has 21 heavy (non-hydrogen) atoms. The average molecular weight is 283 g/mol. The number of carbonyl (C=O) groups is 2. The zero-order valence-electron chi connectivity index (χ0n) is 11.4. The molecule has 1 aromatic rings. The summed E-state index contributed by atoms with van der Waals surface area (Å²) in [4.78, 5) is 24.2. The first-order valence-electron chi connectivity index (χ1n) is 6.01. The molecule has 6 nitrogen and oxygen atoms in total. The van der Waals surface area contributed by atoms with Crippen LogP contribution in [0.5, 0.6) is 0 Å². The SMILES string of the molecule is COC(=O)c1ccc(/C=C/C(=O)N(CC#N)CC#N)cc1. The van der Waals surface area contributed by atoms with Gasteiger partial charge in [-0.25, -0.2) is 4.79 Å². The molecule has 0 spiro atoms. The first kappa shape index (κ1) is 15.9. The van der Waals surface area contributed by atoms with Crippen LogP contribution in [0.25, 0.3) is 6.08 Å². The number of amides is 1. The fraction of sp³-hybridized carbons (Fsp3) is 0.200. The van der Waals surface area contributed by atoms with Gasteiger partial charge in [0.1, 0.15) is 13.1 Å². The normalized spacial score (nSPS) is 9.67. The number of nitrogens with zero attached hydrogens (tertiary/aromatic N) is 3. The number of rotatable bonds is 5. The molecule has 0 unspecified atom stereocenters. The van der Waals surface area contributed by atoms with Crippen LogP contribution in [0.15, 0.2) is 30.3 Å². The zero-order chi connectivity index (χ0) is 15.7. The van der Waals surface area contributed by atoms with Crippen LogP contribution >= 0.6 is 0 Å². The summed E-state index contributed by atoms with van der Waals surface area (Å²) in [6.07, 6.45) is 2.83. The molecular formula is C15H13N3O3. The molecule has 0 radical (unpaired) electrons. The van der Waals surface area contributed by atoms with Gasteiger partial charge in [0.05, 0.1) is 24.8 Å². The summed E-state index contributed by atoms with van der Waals surface area (Å²) >= 11 is 0. The van der Waals surface area contributed by atoms with Crippen LogP contribution in [-0.4, -0.2) is 37.0 Å². The Labute approximate surface area is 122 Å². The van der Waals surface area contributed by atoms with Crippen molar-refractivity contribution in [2.75, 3.05) is 20.2 Å². The van der Waals surface area contributed by atoms with Gasteiger partial charge in [-0.15, -0.1) is 0 Å². The predicted octanol–water partition coefficient (Wildman–Crippen LogP) is 1.36. The first-order valence-corrected chi connectivity index (χ1v) is 6.01. The first-order chi connectivity index (χ1) is 10.1. The van der Waals surface area contributed by atoms with E-state index in [1.807, 2.05) is 12.1 Å². The summed E-state index contributed by atoms with van der Waals surface area (Å²) in [5, 5.41) is 17.2. The van der Waals surface area contributed by atoms with Gasteiger partial charge < -0.3 is 9.64 Å². The molecule has 0 bridgehead atoms. The van der Waals surface area contributed by atoms with E-state index in [9.17, 15) is 9.59 Å². The Balaban J connectivity index is 2.76. The minimum atomic E-state index is -0.434. The quantitative estimate of drug-likeness (QED) is 0.462. The van der Waals surface area contributed by atoms with E-state index in [1.54, 1.807) is 30.3 Å². The number of methoxy groups -OCH3 is 1. The molecular weight excluding hydrogens is 270 g/mol. The van der Waals surface area contributed by atoms with Gasteiger partial charge in [0, 0.05) is 6.08 Å². The third-order valence-electron chi connectivity index (χ3n) is 2.58. The second-order valence-electron chi connectivity index (χ2n) is 3.96. The van der Waals surface area contributed by atoms with E-state index in [1.165, 1.54) is 13.2 Å². The van der Waals surface area contributed by atoms with Crippen LogP contribution in [0.4, 0.5) is 0 Å². The number of nitriles is 2. The molecule has 1 amide bonds. The van der Waals surface area contributed by atoms with E-state index in [4.69, 9.17) is 10.5 Å². The highest BCUT2D eigenvalue weighted by molar-refractivity contribution is 5.92. The van der Waals surface area contributed by atoms with Gasteiger partial charge in [0.15, 0.2) is 0 Å². The van der Waals surface area contributed by atoms with Crippen LogP contribution in [0, 0.1) is 22.7 Å². The van der Waals surface area contributed by atoms with E-state index in [2.05, 4.69) is 4.74 Å². The minimum absolute atomic E-state index is 0.141. The molecule has 0 fully saturated rings. The van der Waals surface area contributed by atoms with E-state index >= 15 is 0 Å². The molecule has 1 rings (SSSR count).